The van der Waals surface area contributed by atoms with E-state index in [1.54, 1.807) is 7.11 Å². The first-order valence-electron chi connectivity index (χ1n) is 9.08. The molecule has 1 amide bonds. The number of hydrogen-bond donors (Lipinski definition) is 1. The van der Waals surface area contributed by atoms with E-state index in [0.29, 0.717) is 18.0 Å². The number of amides is 1. The number of nitrogens with one attached hydrogen (secondary N) is 1. The van der Waals surface area contributed by atoms with E-state index in [0.717, 1.165) is 34.0 Å². The van der Waals surface area contributed by atoms with Crippen molar-refractivity contribution in [1.82, 2.24) is 4.98 Å². The van der Waals surface area contributed by atoms with Crippen LogP contribution in [-0.2, 0) is 6.42 Å². The number of aromatic nitrogens is 1. The Morgan fingerprint density at radius 1 is 1.19 bits per heavy atom. The summed E-state index contributed by atoms with van der Waals surface area (Å²) in [4.78, 5) is 17.2. The molecule has 27 heavy (non-hydrogen) atoms. The minimum Gasteiger partial charge on any atom is -0.497 e. The Bertz CT molecular complexity index is 903. The summed E-state index contributed by atoms with van der Waals surface area (Å²) in [5.74, 6) is 1.06. The van der Waals surface area contributed by atoms with Crippen LogP contribution < -0.4 is 10.1 Å². The highest BCUT2D eigenvalue weighted by Crippen LogP contribution is 2.27. The first kappa shape index (κ1) is 19.1. The summed E-state index contributed by atoms with van der Waals surface area (Å²) < 4.78 is 5.18. The number of hydrogen-bond acceptors (Lipinski definition) is 4. The third kappa shape index (κ3) is 4.74. The highest BCUT2D eigenvalue weighted by atomic mass is 32.1. The van der Waals surface area contributed by atoms with Crippen LogP contribution in [0.25, 0.3) is 0 Å². The summed E-state index contributed by atoms with van der Waals surface area (Å²) in [6.45, 7) is 4.32. The van der Waals surface area contributed by atoms with Crippen molar-refractivity contribution in [2.24, 2.45) is 0 Å². The van der Waals surface area contributed by atoms with Gasteiger partial charge in [0, 0.05) is 17.5 Å². The van der Waals surface area contributed by atoms with Crippen molar-refractivity contribution >= 4 is 22.9 Å². The van der Waals surface area contributed by atoms with E-state index >= 15 is 0 Å². The summed E-state index contributed by atoms with van der Waals surface area (Å²) in [6.07, 6.45) is 1.72. The smallest absolute Gasteiger partial charge is 0.275 e. The van der Waals surface area contributed by atoms with Crippen molar-refractivity contribution in [3.8, 4) is 5.75 Å². The Hall–Kier alpha value is -2.66. The molecule has 0 radical (unpaired) electrons. The molecule has 2 aromatic carbocycles. The van der Waals surface area contributed by atoms with Crippen LogP contribution in [0.1, 0.15) is 52.8 Å². The van der Waals surface area contributed by atoms with Crippen molar-refractivity contribution in [3.63, 3.8) is 0 Å². The lowest BCUT2D eigenvalue weighted by atomic mass is 9.97. The number of thiazole rings is 1. The fraction of sp³-hybridized carbons (Fsp3) is 0.273. The molecule has 0 aliphatic rings. The molecular formula is C22H24N2O2S. The topological polar surface area (TPSA) is 51.2 Å². The van der Waals surface area contributed by atoms with Gasteiger partial charge in [0.1, 0.15) is 11.4 Å². The van der Waals surface area contributed by atoms with Crippen molar-refractivity contribution in [2.45, 2.75) is 32.6 Å². The van der Waals surface area contributed by atoms with E-state index in [1.807, 2.05) is 47.8 Å². The molecular weight excluding hydrogens is 356 g/mol. The predicted octanol–water partition coefficient (Wildman–Crippen LogP) is 5.51. The largest absolute Gasteiger partial charge is 0.497 e. The SMILES string of the molecule is CCC(C)c1ccccc1NC(=O)c1csc(Cc2ccc(OC)cc2)n1. The third-order valence-corrected chi connectivity index (χ3v) is 5.50. The van der Waals surface area contributed by atoms with Gasteiger partial charge >= 0.3 is 0 Å². The molecule has 0 fully saturated rings. The number of ether oxygens (including phenoxy) is 1. The van der Waals surface area contributed by atoms with Crippen LogP contribution in [0.2, 0.25) is 0 Å². The first-order chi connectivity index (χ1) is 13.1. The molecule has 3 rings (SSSR count). The molecule has 1 atom stereocenters. The number of carbonyl (C=O) groups is 1. The molecule has 4 nitrogen and oxygen atoms in total. The summed E-state index contributed by atoms with van der Waals surface area (Å²) in [5.41, 5.74) is 3.62. The van der Waals surface area contributed by atoms with Gasteiger partial charge in [0.25, 0.3) is 5.91 Å². The van der Waals surface area contributed by atoms with Gasteiger partial charge in [-0.15, -0.1) is 11.3 Å². The number of carbonyl (C=O) groups excluding carboxylic acids is 1. The monoisotopic (exact) mass is 380 g/mol. The zero-order valence-electron chi connectivity index (χ0n) is 15.9. The Morgan fingerprint density at radius 3 is 2.63 bits per heavy atom. The van der Waals surface area contributed by atoms with E-state index in [-0.39, 0.29) is 5.91 Å². The fourth-order valence-electron chi connectivity index (χ4n) is 2.86. The molecule has 0 aliphatic carbocycles. The molecule has 1 heterocycles. The van der Waals surface area contributed by atoms with Gasteiger partial charge in [0.15, 0.2) is 0 Å². The molecule has 1 aromatic heterocycles. The number of nitrogens with zero attached hydrogens (tertiary/aromatic N) is 1. The highest BCUT2D eigenvalue weighted by Gasteiger charge is 2.15. The number of anilines is 1. The second-order valence-electron chi connectivity index (χ2n) is 6.50. The number of rotatable bonds is 7. The van der Waals surface area contributed by atoms with Gasteiger partial charge in [-0.05, 0) is 41.7 Å². The molecule has 3 aromatic rings. The van der Waals surface area contributed by atoms with Gasteiger partial charge in [-0.3, -0.25) is 4.79 Å². The quantitative estimate of drug-likeness (QED) is 0.588. The normalized spacial score (nSPS) is 11.8. The molecule has 1 unspecified atom stereocenters. The average molecular weight is 381 g/mol. The van der Waals surface area contributed by atoms with E-state index in [1.165, 1.54) is 11.3 Å². The zero-order valence-corrected chi connectivity index (χ0v) is 16.7. The van der Waals surface area contributed by atoms with Crippen LogP contribution in [0.3, 0.4) is 0 Å². The number of benzene rings is 2. The van der Waals surface area contributed by atoms with E-state index in [4.69, 9.17) is 4.74 Å². The van der Waals surface area contributed by atoms with Crippen molar-refractivity contribution < 1.29 is 9.53 Å². The van der Waals surface area contributed by atoms with Gasteiger partial charge in [0.05, 0.1) is 12.1 Å². The summed E-state index contributed by atoms with van der Waals surface area (Å²) in [6, 6.07) is 15.9. The summed E-state index contributed by atoms with van der Waals surface area (Å²) in [5, 5.41) is 5.76. The van der Waals surface area contributed by atoms with Gasteiger partial charge in [0.2, 0.25) is 0 Å². The molecule has 0 spiro atoms. The molecule has 0 saturated carbocycles. The van der Waals surface area contributed by atoms with E-state index in [9.17, 15) is 4.79 Å². The number of methoxy groups -OCH3 is 1. The van der Waals surface area contributed by atoms with Crippen LogP contribution >= 0.6 is 11.3 Å². The Kier molecular flexibility index (Phi) is 6.24. The standard InChI is InChI=1S/C22H24N2O2S/c1-4-15(2)18-7-5-6-8-19(18)24-22(25)20-14-27-21(23-20)13-16-9-11-17(26-3)12-10-16/h5-12,14-15H,4,13H2,1-3H3,(H,24,25). The first-order valence-corrected chi connectivity index (χ1v) is 9.96. The Balaban J connectivity index is 1.70. The second kappa shape index (κ2) is 8.82. The van der Waals surface area contributed by atoms with Crippen LogP contribution in [0.4, 0.5) is 5.69 Å². The van der Waals surface area contributed by atoms with Gasteiger partial charge < -0.3 is 10.1 Å². The zero-order chi connectivity index (χ0) is 19.2. The van der Waals surface area contributed by atoms with Crippen LogP contribution in [0, 0.1) is 0 Å². The molecule has 0 aliphatic heterocycles. The van der Waals surface area contributed by atoms with Crippen LogP contribution in [-0.4, -0.2) is 18.0 Å². The maximum Gasteiger partial charge on any atom is 0.275 e. The lowest BCUT2D eigenvalue weighted by Gasteiger charge is -2.15. The maximum atomic E-state index is 12.6. The van der Waals surface area contributed by atoms with Gasteiger partial charge in [-0.1, -0.05) is 44.2 Å². The van der Waals surface area contributed by atoms with Crippen LogP contribution in [0.15, 0.2) is 53.9 Å². The second-order valence-corrected chi connectivity index (χ2v) is 7.44. The van der Waals surface area contributed by atoms with Gasteiger partial charge in [-0.25, -0.2) is 4.98 Å². The molecule has 0 saturated heterocycles. The number of para-hydroxylation sites is 1. The van der Waals surface area contributed by atoms with Crippen molar-refractivity contribution in [1.29, 1.82) is 0 Å². The predicted molar refractivity (Wildman–Crippen MR) is 111 cm³/mol. The summed E-state index contributed by atoms with van der Waals surface area (Å²) >= 11 is 1.51. The maximum absolute atomic E-state index is 12.6. The van der Waals surface area contributed by atoms with Crippen molar-refractivity contribution in [2.75, 3.05) is 12.4 Å². The molecule has 1 N–H and O–H groups in total. The average Bonchev–Trinajstić information content (AvgIpc) is 3.17. The van der Waals surface area contributed by atoms with E-state index < -0.39 is 0 Å². The van der Waals surface area contributed by atoms with Gasteiger partial charge in [-0.2, -0.15) is 0 Å². The minimum absolute atomic E-state index is 0.164. The molecule has 140 valence electrons. The van der Waals surface area contributed by atoms with E-state index in [2.05, 4.69) is 30.2 Å². The third-order valence-electron chi connectivity index (χ3n) is 4.65. The minimum atomic E-state index is -0.164. The Labute approximate surface area is 164 Å². The lowest BCUT2D eigenvalue weighted by molar-refractivity contribution is 0.102. The fourth-order valence-corrected chi connectivity index (χ4v) is 3.67. The summed E-state index contributed by atoms with van der Waals surface area (Å²) in [7, 11) is 1.65. The van der Waals surface area contributed by atoms with Crippen molar-refractivity contribution in [3.05, 3.63) is 75.7 Å². The molecule has 0 bridgehead atoms. The molecule has 5 heteroatoms. The highest BCUT2D eigenvalue weighted by molar-refractivity contribution is 7.09. The van der Waals surface area contributed by atoms with Crippen LogP contribution in [0.5, 0.6) is 5.75 Å². The Morgan fingerprint density at radius 2 is 1.93 bits per heavy atom. The lowest BCUT2D eigenvalue weighted by Crippen LogP contribution is -2.14.